The average Bonchev–Trinajstić information content (AvgIpc) is 3.29. The molecule has 1 aromatic carbocycles. The lowest BCUT2D eigenvalue weighted by atomic mass is 9.80. The molecule has 2 saturated heterocycles. The number of carbonyl (C=O) groups is 1. The molecule has 3 aliphatic rings. The van der Waals surface area contributed by atoms with Crippen molar-refractivity contribution in [1.82, 2.24) is 9.88 Å². The molecule has 1 aromatic heterocycles. The fourth-order valence-electron chi connectivity index (χ4n) is 6.26. The molecule has 40 heavy (non-hydrogen) atoms. The van der Waals surface area contributed by atoms with Crippen LogP contribution in [0.5, 0.6) is 0 Å². The highest BCUT2D eigenvalue weighted by atomic mass is 32.2. The number of halogens is 5. The van der Waals surface area contributed by atoms with Crippen molar-refractivity contribution in [1.29, 1.82) is 0 Å². The molecule has 1 amide bonds. The highest BCUT2D eigenvalue weighted by Crippen LogP contribution is 2.53. The summed E-state index contributed by atoms with van der Waals surface area (Å²) >= 11 is 0. The Balaban J connectivity index is 1.63. The van der Waals surface area contributed by atoms with E-state index in [-0.39, 0.29) is 66.3 Å². The first-order valence-electron chi connectivity index (χ1n) is 12.8. The van der Waals surface area contributed by atoms with Crippen LogP contribution in [0, 0.1) is 11.7 Å². The average molecular weight is 607 g/mol. The fraction of sp³-hybridized carbons (Fsp3) is 0.538. The number of rotatable bonds is 4. The zero-order valence-electron chi connectivity index (χ0n) is 21.4. The summed E-state index contributed by atoms with van der Waals surface area (Å²) in [5.41, 5.74) is -4.67. The number of hydrogen-bond acceptors (Lipinski definition) is 6. The number of fused-ring (bicyclic) bond motifs is 3. The lowest BCUT2D eigenvalue weighted by Gasteiger charge is -2.43. The Morgan fingerprint density at radius 3 is 2.38 bits per heavy atom. The van der Waals surface area contributed by atoms with Crippen molar-refractivity contribution in [2.24, 2.45) is 5.92 Å². The van der Waals surface area contributed by atoms with Crippen molar-refractivity contribution in [3.63, 3.8) is 0 Å². The van der Waals surface area contributed by atoms with E-state index in [4.69, 9.17) is 0 Å². The van der Waals surface area contributed by atoms with Crippen LogP contribution in [0.25, 0.3) is 0 Å². The maximum atomic E-state index is 14.8. The van der Waals surface area contributed by atoms with Gasteiger partial charge in [0.2, 0.25) is 11.6 Å². The molecule has 2 fully saturated rings. The van der Waals surface area contributed by atoms with Gasteiger partial charge >= 0.3 is 6.18 Å². The van der Waals surface area contributed by atoms with Gasteiger partial charge in [-0.1, -0.05) is 12.1 Å². The van der Waals surface area contributed by atoms with Gasteiger partial charge in [-0.3, -0.25) is 9.78 Å². The summed E-state index contributed by atoms with van der Waals surface area (Å²) in [6.45, 7) is 0.318. The van der Waals surface area contributed by atoms with Crippen LogP contribution in [0.15, 0.2) is 41.3 Å². The number of alkyl halides is 4. The van der Waals surface area contributed by atoms with Crippen molar-refractivity contribution in [3.05, 3.63) is 59.2 Å². The number of pyridine rings is 1. The Morgan fingerprint density at radius 1 is 1.07 bits per heavy atom. The maximum absolute atomic E-state index is 14.8. The van der Waals surface area contributed by atoms with Crippen LogP contribution in [-0.4, -0.2) is 62.9 Å². The van der Waals surface area contributed by atoms with Crippen LogP contribution in [0.2, 0.25) is 0 Å². The summed E-state index contributed by atoms with van der Waals surface area (Å²) in [6.07, 6.45) is -5.23. The molecule has 0 N–H and O–H groups in total. The first-order valence-corrected chi connectivity index (χ1v) is 16.1. The van der Waals surface area contributed by atoms with Gasteiger partial charge in [0.1, 0.15) is 20.4 Å². The van der Waals surface area contributed by atoms with Crippen molar-refractivity contribution in [2.75, 3.05) is 18.1 Å². The lowest BCUT2D eigenvalue weighted by Crippen LogP contribution is -2.53. The number of hydrogen-bond donors (Lipinski definition) is 0. The summed E-state index contributed by atoms with van der Waals surface area (Å²) in [7, 11) is -7.73. The minimum Gasteiger partial charge on any atom is -0.337 e. The van der Waals surface area contributed by atoms with Gasteiger partial charge in [0.05, 0.1) is 28.1 Å². The first kappa shape index (κ1) is 28.9. The third-order valence-electron chi connectivity index (χ3n) is 8.51. The standard InChI is InChI=1S/C26H27F5N2O5S2/c1-24(28,26(29,30)31)21-7-5-19-20(32-21)6-8-22-25(19,40(37,38)18-4-2-3-17(27)15-18)11-12-33(22)23(34)16-9-13-39(35,36)14-10-16/h2-5,7,15-16,22H,6,8-14H2,1H3. The van der Waals surface area contributed by atoms with E-state index in [2.05, 4.69) is 4.98 Å². The predicted octanol–water partition coefficient (Wildman–Crippen LogP) is 4.01. The largest absolute Gasteiger partial charge is 0.428 e. The van der Waals surface area contributed by atoms with Gasteiger partial charge in [0.15, 0.2) is 9.84 Å². The zero-order chi connectivity index (χ0) is 29.3. The molecule has 2 aromatic rings. The molecule has 1 aliphatic carbocycles. The van der Waals surface area contributed by atoms with E-state index < -0.39 is 65.6 Å². The monoisotopic (exact) mass is 606 g/mol. The molecule has 3 atom stereocenters. The van der Waals surface area contributed by atoms with E-state index in [1.54, 1.807) is 0 Å². The fourth-order valence-corrected chi connectivity index (χ4v) is 10.1. The second-order valence-corrected chi connectivity index (χ2v) is 15.3. The molecular formula is C26H27F5N2O5S2. The number of aromatic nitrogens is 1. The number of sulfone groups is 2. The summed E-state index contributed by atoms with van der Waals surface area (Å²) in [6, 6.07) is 5.31. The number of benzene rings is 1. The minimum atomic E-state index is -5.26. The van der Waals surface area contributed by atoms with Gasteiger partial charge in [-0.05, 0) is 68.9 Å². The van der Waals surface area contributed by atoms with E-state index in [0.717, 1.165) is 24.3 Å². The normalized spacial score (nSPS) is 26.6. The molecule has 7 nitrogen and oxygen atoms in total. The van der Waals surface area contributed by atoms with Crippen molar-refractivity contribution in [3.8, 4) is 0 Å². The molecule has 0 bridgehead atoms. The Morgan fingerprint density at radius 2 is 1.75 bits per heavy atom. The van der Waals surface area contributed by atoms with Crippen LogP contribution in [0.4, 0.5) is 22.0 Å². The quantitative estimate of drug-likeness (QED) is 0.488. The van der Waals surface area contributed by atoms with Crippen LogP contribution in [0.1, 0.15) is 49.6 Å². The summed E-state index contributed by atoms with van der Waals surface area (Å²) in [5, 5.41) is 0. The van der Waals surface area contributed by atoms with Crippen LogP contribution < -0.4 is 0 Å². The topological polar surface area (TPSA) is 101 Å². The molecule has 14 heteroatoms. The summed E-state index contributed by atoms with van der Waals surface area (Å²) in [5.74, 6) is -2.16. The highest BCUT2D eigenvalue weighted by molar-refractivity contribution is 7.92. The molecular weight excluding hydrogens is 579 g/mol. The maximum Gasteiger partial charge on any atom is 0.428 e. The number of carbonyl (C=O) groups excluding carboxylic acids is 1. The van der Waals surface area contributed by atoms with Gasteiger partial charge in [-0.2, -0.15) is 13.2 Å². The van der Waals surface area contributed by atoms with Crippen LogP contribution in [-0.2, 0) is 41.3 Å². The molecule has 0 radical (unpaired) electrons. The van der Waals surface area contributed by atoms with E-state index in [9.17, 15) is 43.6 Å². The second kappa shape index (κ2) is 9.47. The van der Waals surface area contributed by atoms with Gasteiger partial charge in [0, 0.05) is 18.2 Å². The van der Waals surface area contributed by atoms with E-state index in [1.807, 2.05) is 0 Å². The number of likely N-dealkylation sites (tertiary alicyclic amines) is 1. The van der Waals surface area contributed by atoms with Gasteiger partial charge < -0.3 is 4.90 Å². The molecule has 218 valence electrons. The predicted molar refractivity (Wildman–Crippen MR) is 134 cm³/mol. The third-order valence-corrected chi connectivity index (χ3v) is 12.8. The summed E-state index contributed by atoms with van der Waals surface area (Å²) in [4.78, 5) is 18.6. The molecule has 3 unspecified atom stereocenters. The Bertz CT molecular complexity index is 1560. The van der Waals surface area contributed by atoms with Gasteiger partial charge in [-0.15, -0.1) is 0 Å². The molecule has 0 spiro atoms. The van der Waals surface area contributed by atoms with E-state index >= 15 is 0 Å². The molecule has 0 saturated carbocycles. The number of nitrogens with zero attached hydrogens (tertiary/aromatic N) is 2. The first-order chi connectivity index (χ1) is 18.5. The zero-order valence-corrected chi connectivity index (χ0v) is 23.1. The third kappa shape index (κ3) is 4.41. The van der Waals surface area contributed by atoms with Gasteiger partial charge in [0.25, 0.3) is 0 Å². The SMILES string of the molecule is CC(F)(c1ccc2c(n1)CCC1N(C(=O)C3CCS(=O)(=O)CC3)CCC21S(=O)(=O)c1cccc(F)c1)C(F)(F)F. The number of amides is 1. The van der Waals surface area contributed by atoms with Crippen molar-refractivity contribution < 1.29 is 43.6 Å². The van der Waals surface area contributed by atoms with E-state index in [1.165, 1.54) is 17.0 Å². The van der Waals surface area contributed by atoms with Crippen LogP contribution >= 0.6 is 0 Å². The number of aryl methyl sites for hydroxylation is 1. The van der Waals surface area contributed by atoms with Gasteiger partial charge in [-0.25, -0.2) is 25.6 Å². The Labute approximate surface area is 228 Å². The Kier molecular flexibility index (Phi) is 6.84. The highest BCUT2D eigenvalue weighted by Gasteiger charge is 2.62. The van der Waals surface area contributed by atoms with Crippen molar-refractivity contribution >= 4 is 25.6 Å². The van der Waals surface area contributed by atoms with Crippen molar-refractivity contribution in [2.45, 2.75) is 66.6 Å². The second-order valence-electron chi connectivity index (χ2n) is 10.8. The summed E-state index contributed by atoms with van der Waals surface area (Å²) < 4.78 is 120. The molecule has 5 rings (SSSR count). The van der Waals surface area contributed by atoms with E-state index in [0.29, 0.717) is 6.92 Å². The lowest BCUT2D eigenvalue weighted by molar-refractivity contribution is -0.230. The molecule has 3 heterocycles. The molecule has 2 aliphatic heterocycles. The Hall–Kier alpha value is -2.61. The van der Waals surface area contributed by atoms with Crippen LogP contribution in [0.3, 0.4) is 0 Å². The smallest absolute Gasteiger partial charge is 0.337 e. The minimum absolute atomic E-state index is 0.00375.